The molecule has 134 valence electrons. The number of hydrogen-bond donors (Lipinski definition) is 1. The number of aromatic nitrogens is 1. The van der Waals surface area contributed by atoms with E-state index in [1.165, 1.54) is 24.0 Å². The summed E-state index contributed by atoms with van der Waals surface area (Å²) in [5, 5.41) is 1.16. The molecule has 1 amide bonds. The second kappa shape index (κ2) is 7.36. The number of aromatic amines is 1. The largest absolute Gasteiger partial charge is 0.361 e. The summed E-state index contributed by atoms with van der Waals surface area (Å²) >= 11 is 0. The van der Waals surface area contributed by atoms with Crippen LogP contribution in [-0.4, -0.2) is 22.3 Å². The van der Waals surface area contributed by atoms with Crippen LogP contribution in [0.2, 0.25) is 0 Å². The number of hydrogen-bond acceptors (Lipinski definition) is 1. The average molecular weight is 346 g/mol. The molecule has 2 aromatic carbocycles. The van der Waals surface area contributed by atoms with Crippen LogP contribution in [0.4, 0.5) is 0 Å². The lowest BCUT2D eigenvalue weighted by atomic mass is 9.98. The monoisotopic (exact) mass is 346 g/mol. The lowest BCUT2D eigenvalue weighted by molar-refractivity contribution is -0.132. The van der Waals surface area contributed by atoms with E-state index in [1.54, 1.807) is 0 Å². The Bertz CT molecular complexity index is 911. The van der Waals surface area contributed by atoms with Crippen LogP contribution in [0.5, 0.6) is 0 Å². The van der Waals surface area contributed by atoms with Crippen molar-refractivity contribution in [3.05, 3.63) is 71.4 Å². The molecule has 1 aliphatic rings. The van der Waals surface area contributed by atoms with Gasteiger partial charge in [0.2, 0.25) is 5.91 Å². The summed E-state index contributed by atoms with van der Waals surface area (Å²) in [5.74, 6) is 0.239. The first kappa shape index (κ1) is 16.9. The van der Waals surface area contributed by atoms with Gasteiger partial charge in [0, 0.05) is 23.6 Å². The van der Waals surface area contributed by atoms with E-state index in [4.69, 9.17) is 0 Å². The van der Waals surface area contributed by atoms with E-state index in [9.17, 15) is 4.79 Å². The van der Waals surface area contributed by atoms with Crippen molar-refractivity contribution in [3.63, 3.8) is 0 Å². The van der Waals surface area contributed by atoms with Crippen molar-refractivity contribution in [2.45, 2.75) is 45.1 Å². The molecule has 4 rings (SSSR count). The Morgan fingerprint density at radius 1 is 1.12 bits per heavy atom. The molecule has 1 saturated heterocycles. The van der Waals surface area contributed by atoms with Gasteiger partial charge in [-0.15, -0.1) is 0 Å². The molecule has 26 heavy (non-hydrogen) atoms. The molecule has 1 aliphatic heterocycles. The molecule has 0 saturated carbocycles. The maximum absolute atomic E-state index is 13.2. The molecule has 3 heteroatoms. The zero-order valence-electron chi connectivity index (χ0n) is 15.4. The van der Waals surface area contributed by atoms with Crippen LogP contribution in [-0.2, 0) is 11.2 Å². The number of aryl methyl sites for hydroxylation is 1. The van der Waals surface area contributed by atoms with Gasteiger partial charge in [-0.25, -0.2) is 0 Å². The quantitative estimate of drug-likeness (QED) is 0.698. The van der Waals surface area contributed by atoms with Crippen LogP contribution in [0, 0.1) is 6.92 Å². The van der Waals surface area contributed by atoms with Gasteiger partial charge in [-0.05, 0) is 37.0 Å². The number of para-hydroxylation sites is 1. The first-order chi connectivity index (χ1) is 12.7. The summed E-state index contributed by atoms with van der Waals surface area (Å²) in [4.78, 5) is 18.7. The molecule has 1 atom stereocenters. The second-order valence-electron chi connectivity index (χ2n) is 7.40. The van der Waals surface area contributed by atoms with E-state index in [0.29, 0.717) is 6.42 Å². The van der Waals surface area contributed by atoms with Crippen LogP contribution in [0.15, 0.2) is 54.7 Å². The van der Waals surface area contributed by atoms with Crippen molar-refractivity contribution in [2.75, 3.05) is 6.54 Å². The number of likely N-dealkylation sites (tertiary alicyclic amines) is 1. The standard InChI is InChI=1S/C23H26N2O/c1-17-8-7-9-18(14-17)22-12-3-2-6-13-25(22)23(26)15-19-16-24-21-11-5-4-10-20(19)21/h4-5,7-11,14,16,22,24H,2-3,6,12-13,15H2,1H3. The maximum Gasteiger partial charge on any atom is 0.227 e. The number of carbonyl (C=O) groups is 1. The topological polar surface area (TPSA) is 36.1 Å². The molecule has 0 bridgehead atoms. The van der Waals surface area contributed by atoms with Crippen molar-refractivity contribution in [3.8, 4) is 0 Å². The van der Waals surface area contributed by atoms with Crippen molar-refractivity contribution in [1.29, 1.82) is 0 Å². The molecule has 1 unspecified atom stereocenters. The van der Waals surface area contributed by atoms with E-state index in [2.05, 4.69) is 53.2 Å². The molecule has 0 aliphatic carbocycles. The SMILES string of the molecule is Cc1cccc(C2CCCCCN2C(=O)Cc2c[nH]c3ccccc23)c1. The number of benzene rings is 2. The normalized spacial score (nSPS) is 18.0. The number of rotatable bonds is 3. The minimum atomic E-state index is 0.204. The molecular weight excluding hydrogens is 320 g/mol. The highest BCUT2D eigenvalue weighted by Gasteiger charge is 2.27. The van der Waals surface area contributed by atoms with Crippen molar-refractivity contribution in [2.24, 2.45) is 0 Å². The maximum atomic E-state index is 13.2. The summed E-state index contributed by atoms with van der Waals surface area (Å²) in [6, 6.07) is 17.1. The minimum Gasteiger partial charge on any atom is -0.361 e. The lowest BCUT2D eigenvalue weighted by Crippen LogP contribution is -2.35. The van der Waals surface area contributed by atoms with Crippen molar-refractivity contribution >= 4 is 16.8 Å². The molecular formula is C23H26N2O. The van der Waals surface area contributed by atoms with Crippen LogP contribution in [0.3, 0.4) is 0 Å². The van der Waals surface area contributed by atoms with E-state index in [1.807, 2.05) is 18.3 Å². The van der Waals surface area contributed by atoms with Crippen molar-refractivity contribution < 1.29 is 4.79 Å². The first-order valence-corrected chi connectivity index (χ1v) is 9.63. The second-order valence-corrected chi connectivity index (χ2v) is 7.40. The molecule has 3 nitrogen and oxygen atoms in total. The summed E-state index contributed by atoms with van der Waals surface area (Å²) in [7, 11) is 0. The summed E-state index contributed by atoms with van der Waals surface area (Å²) in [6.07, 6.45) is 7.01. The van der Waals surface area contributed by atoms with Crippen LogP contribution >= 0.6 is 0 Å². The van der Waals surface area contributed by atoms with Gasteiger partial charge in [-0.1, -0.05) is 60.9 Å². The van der Waals surface area contributed by atoms with E-state index < -0.39 is 0 Å². The van der Waals surface area contributed by atoms with E-state index in [0.717, 1.165) is 35.9 Å². The zero-order valence-corrected chi connectivity index (χ0v) is 15.4. The third-order valence-electron chi connectivity index (χ3n) is 5.52. The number of nitrogens with one attached hydrogen (secondary N) is 1. The highest BCUT2D eigenvalue weighted by molar-refractivity contribution is 5.89. The molecule has 1 N–H and O–H groups in total. The highest BCUT2D eigenvalue weighted by atomic mass is 16.2. The Morgan fingerprint density at radius 2 is 2.00 bits per heavy atom. The number of H-pyrrole nitrogens is 1. The van der Waals surface area contributed by atoms with Crippen LogP contribution in [0.1, 0.15) is 48.4 Å². The smallest absolute Gasteiger partial charge is 0.227 e. The molecule has 1 fully saturated rings. The summed E-state index contributed by atoms with van der Waals surface area (Å²) in [5.41, 5.74) is 4.73. The van der Waals surface area contributed by atoms with Gasteiger partial charge in [0.05, 0.1) is 12.5 Å². The molecule has 2 heterocycles. The molecule has 0 radical (unpaired) electrons. The number of carbonyl (C=O) groups excluding carboxylic acids is 1. The van der Waals surface area contributed by atoms with E-state index in [-0.39, 0.29) is 11.9 Å². The Labute approximate surface area is 155 Å². The van der Waals surface area contributed by atoms with Gasteiger partial charge in [-0.3, -0.25) is 4.79 Å². The Balaban J connectivity index is 1.61. The third-order valence-corrected chi connectivity index (χ3v) is 5.52. The molecule has 0 spiro atoms. The van der Waals surface area contributed by atoms with Gasteiger partial charge in [-0.2, -0.15) is 0 Å². The van der Waals surface area contributed by atoms with Gasteiger partial charge in [0.15, 0.2) is 0 Å². The van der Waals surface area contributed by atoms with Crippen LogP contribution < -0.4 is 0 Å². The number of nitrogens with zero attached hydrogens (tertiary/aromatic N) is 1. The van der Waals surface area contributed by atoms with Crippen LogP contribution in [0.25, 0.3) is 10.9 Å². The number of fused-ring (bicyclic) bond motifs is 1. The fourth-order valence-corrected chi connectivity index (χ4v) is 4.17. The van der Waals surface area contributed by atoms with E-state index >= 15 is 0 Å². The fraction of sp³-hybridized carbons (Fsp3) is 0.348. The summed E-state index contributed by atoms with van der Waals surface area (Å²) in [6.45, 7) is 2.98. The minimum absolute atomic E-state index is 0.204. The fourth-order valence-electron chi connectivity index (χ4n) is 4.17. The molecule has 1 aromatic heterocycles. The lowest BCUT2D eigenvalue weighted by Gasteiger charge is -2.31. The Hall–Kier alpha value is -2.55. The average Bonchev–Trinajstić information content (AvgIpc) is 2.89. The highest BCUT2D eigenvalue weighted by Crippen LogP contribution is 2.31. The predicted molar refractivity (Wildman–Crippen MR) is 106 cm³/mol. The van der Waals surface area contributed by atoms with Gasteiger partial charge < -0.3 is 9.88 Å². The van der Waals surface area contributed by atoms with Crippen molar-refractivity contribution in [1.82, 2.24) is 9.88 Å². The van der Waals surface area contributed by atoms with Gasteiger partial charge in [0.25, 0.3) is 0 Å². The zero-order chi connectivity index (χ0) is 17.9. The summed E-state index contributed by atoms with van der Waals surface area (Å²) < 4.78 is 0. The molecule has 3 aromatic rings. The van der Waals surface area contributed by atoms with Gasteiger partial charge >= 0.3 is 0 Å². The Morgan fingerprint density at radius 3 is 2.88 bits per heavy atom. The first-order valence-electron chi connectivity index (χ1n) is 9.63. The third kappa shape index (κ3) is 3.39. The predicted octanol–water partition coefficient (Wildman–Crippen LogP) is 5.16. The number of amides is 1. The Kier molecular flexibility index (Phi) is 4.79. The van der Waals surface area contributed by atoms with Gasteiger partial charge in [0.1, 0.15) is 0 Å².